The summed E-state index contributed by atoms with van der Waals surface area (Å²) in [5.41, 5.74) is 4.57. The van der Waals surface area contributed by atoms with Crippen LogP contribution >= 0.6 is 0 Å². The normalized spacial score (nSPS) is 15.7. The lowest BCUT2D eigenvalue weighted by atomic mass is 9.99. The van der Waals surface area contributed by atoms with E-state index in [1.54, 1.807) is 12.1 Å². The lowest BCUT2D eigenvalue weighted by Gasteiger charge is -2.34. The Labute approximate surface area is 227 Å². The van der Waals surface area contributed by atoms with Crippen molar-refractivity contribution < 1.29 is 22.0 Å². The molecule has 5 rings (SSSR count). The van der Waals surface area contributed by atoms with Gasteiger partial charge < -0.3 is 15.1 Å². The fraction of sp³-hybridized carbons (Fsp3) is 0.310. The lowest BCUT2D eigenvalue weighted by molar-refractivity contribution is 0.0976. The molecule has 2 aliphatic rings. The first-order valence-electron chi connectivity index (χ1n) is 12.7. The Hall–Kier alpha value is -3.63. The minimum atomic E-state index is -3.40. The summed E-state index contributed by atoms with van der Waals surface area (Å²) in [6, 6.07) is 14.4. The van der Waals surface area contributed by atoms with Crippen LogP contribution in [0.5, 0.6) is 0 Å². The number of nitrogens with zero attached hydrogens (tertiary/aromatic N) is 3. The zero-order valence-corrected chi connectivity index (χ0v) is 22.7. The Bertz CT molecular complexity index is 1540. The maximum Gasteiger partial charge on any atom is 0.257 e. The molecule has 204 valence electrons. The molecule has 3 aromatic rings. The molecule has 0 saturated carbocycles. The number of piperazine rings is 1. The summed E-state index contributed by atoms with van der Waals surface area (Å²) in [6.07, 6.45) is 1.47. The van der Waals surface area contributed by atoms with Crippen LogP contribution in [0.2, 0.25) is 0 Å². The molecule has 10 heteroatoms. The van der Waals surface area contributed by atoms with Gasteiger partial charge in [-0.1, -0.05) is 12.1 Å². The van der Waals surface area contributed by atoms with Crippen molar-refractivity contribution in [3.63, 3.8) is 0 Å². The van der Waals surface area contributed by atoms with Crippen molar-refractivity contribution >= 4 is 27.3 Å². The van der Waals surface area contributed by atoms with Gasteiger partial charge in [-0.2, -0.15) is 0 Å². The highest BCUT2D eigenvalue weighted by Crippen LogP contribution is 2.25. The first-order chi connectivity index (χ1) is 18.5. The Morgan fingerprint density at radius 1 is 0.949 bits per heavy atom. The minimum Gasteiger partial charge on any atom is -0.369 e. The number of amidine groups is 1. The van der Waals surface area contributed by atoms with E-state index in [9.17, 15) is 22.0 Å². The number of likely N-dealkylation sites (N-methyl/N-ethyl adjacent to an activating group) is 1. The second-order valence-corrected chi connectivity index (χ2v) is 12.4. The fourth-order valence-corrected chi connectivity index (χ4v) is 5.84. The molecule has 2 heterocycles. The number of amides is 1. The predicted octanol–water partition coefficient (Wildman–Crippen LogP) is 3.54. The summed E-state index contributed by atoms with van der Waals surface area (Å²) in [5.74, 6) is -1.58. The average molecular weight is 553 g/mol. The van der Waals surface area contributed by atoms with Crippen molar-refractivity contribution in [2.24, 2.45) is 4.99 Å². The smallest absolute Gasteiger partial charge is 0.257 e. The summed E-state index contributed by atoms with van der Waals surface area (Å²) in [7, 11) is -1.33. The van der Waals surface area contributed by atoms with Crippen molar-refractivity contribution in [2.45, 2.75) is 18.7 Å². The van der Waals surface area contributed by atoms with Crippen molar-refractivity contribution in [1.82, 2.24) is 10.2 Å². The molecule has 1 fully saturated rings. The van der Waals surface area contributed by atoms with Gasteiger partial charge in [0.1, 0.15) is 17.5 Å². The summed E-state index contributed by atoms with van der Waals surface area (Å²) in [5, 5.41) is 2.87. The summed E-state index contributed by atoms with van der Waals surface area (Å²) < 4.78 is 51.7. The van der Waals surface area contributed by atoms with E-state index >= 15 is 0 Å². The SMILES string of the molecule is CN1CCN(c2ccc(C(=O)NC3=NCc4ccc(Cc5cc(F)cc(F)c5)cc43)c(CS(C)(=O)=O)c2)CC1. The van der Waals surface area contributed by atoms with Crippen LogP contribution in [0.4, 0.5) is 14.5 Å². The van der Waals surface area contributed by atoms with E-state index in [2.05, 4.69) is 27.2 Å². The van der Waals surface area contributed by atoms with Gasteiger partial charge in [-0.05, 0) is 72.1 Å². The van der Waals surface area contributed by atoms with Crippen LogP contribution in [0.1, 0.15) is 38.2 Å². The van der Waals surface area contributed by atoms with Crippen LogP contribution in [-0.2, 0) is 28.6 Å². The van der Waals surface area contributed by atoms with Gasteiger partial charge in [0.25, 0.3) is 5.91 Å². The molecular formula is C29H30F2N4O3S. The summed E-state index contributed by atoms with van der Waals surface area (Å²) >= 11 is 0. The van der Waals surface area contributed by atoms with Gasteiger partial charge in [0.15, 0.2) is 9.84 Å². The third-order valence-electron chi connectivity index (χ3n) is 7.02. The number of carbonyl (C=O) groups excluding carboxylic acids is 1. The first kappa shape index (κ1) is 27.0. The van der Waals surface area contributed by atoms with Gasteiger partial charge in [0, 0.05) is 55.3 Å². The van der Waals surface area contributed by atoms with Crippen LogP contribution < -0.4 is 10.2 Å². The number of rotatable bonds is 6. The predicted molar refractivity (Wildman–Crippen MR) is 148 cm³/mol. The van der Waals surface area contributed by atoms with Crippen LogP contribution in [0.3, 0.4) is 0 Å². The maximum absolute atomic E-state index is 13.6. The molecule has 39 heavy (non-hydrogen) atoms. The van der Waals surface area contributed by atoms with Crippen LogP contribution in [0.25, 0.3) is 0 Å². The van der Waals surface area contributed by atoms with E-state index in [0.717, 1.165) is 60.9 Å². The fourth-order valence-electron chi connectivity index (χ4n) is 5.04. The molecule has 1 amide bonds. The number of benzene rings is 3. The Morgan fingerprint density at radius 3 is 2.36 bits per heavy atom. The Morgan fingerprint density at radius 2 is 1.67 bits per heavy atom. The highest BCUT2D eigenvalue weighted by atomic mass is 32.2. The van der Waals surface area contributed by atoms with Crippen LogP contribution in [-0.4, -0.2) is 64.5 Å². The monoisotopic (exact) mass is 552 g/mol. The number of carbonyl (C=O) groups is 1. The van der Waals surface area contributed by atoms with Crippen LogP contribution in [0.15, 0.2) is 59.6 Å². The van der Waals surface area contributed by atoms with Gasteiger partial charge in [0.05, 0.1) is 12.3 Å². The van der Waals surface area contributed by atoms with E-state index < -0.39 is 27.4 Å². The largest absolute Gasteiger partial charge is 0.369 e. The number of fused-ring (bicyclic) bond motifs is 1. The third kappa shape index (κ3) is 6.51. The molecular weight excluding hydrogens is 522 g/mol. The molecule has 0 spiro atoms. The quantitative estimate of drug-likeness (QED) is 0.506. The third-order valence-corrected chi connectivity index (χ3v) is 7.85. The maximum atomic E-state index is 13.6. The summed E-state index contributed by atoms with van der Waals surface area (Å²) in [4.78, 5) is 22.3. The zero-order chi connectivity index (χ0) is 27.7. The van der Waals surface area contributed by atoms with Gasteiger partial charge in [0.2, 0.25) is 0 Å². The van der Waals surface area contributed by atoms with Gasteiger partial charge in [-0.25, -0.2) is 17.2 Å². The number of sulfone groups is 1. The average Bonchev–Trinajstić information content (AvgIpc) is 3.24. The Kier molecular flexibility index (Phi) is 7.51. The molecule has 3 aromatic carbocycles. The van der Waals surface area contributed by atoms with Gasteiger partial charge in [-0.15, -0.1) is 0 Å². The highest BCUT2D eigenvalue weighted by molar-refractivity contribution is 7.89. The van der Waals surface area contributed by atoms with Gasteiger partial charge >= 0.3 is 0 Å². The van der Waals surface area contributed by atoms with Crippen molar-refractivity contribution in [3.8, 4) is 0 Å². The molecule has 7 nitrogen and oxygen atoms in total. The topological polar surface area (TPSA) is 82.1 Å². The van der Waals surface area contributed by atoms with E-state index in [1.165, 1.54) is 12.1 Å². The van der Waals surface area contributed by atoms with E-state index in [4.69, 9.17) is 0 Å². The van der Waals surface area contributed by atoms with Crippen molar-refractivity contribution in [2.75, 3.05) is 44.4 Å². The molecule has 1 saturated heterocycles. The van der Waals surface area contributed by atoms with Crippen molar-refractivity contribution in [1.29, 1.82) is 0 Å². The molecule has 0 atom stereocenters. The Balaban J connectivity index is 1.38. The lowest BCUT2D eigenvalue weighted by Crippen LogP contribution is -2.44. The second-order valence-electron chi connectivity index (χ2n) is 10.3. The molecule has 1 N–H and O–H groups in total. The van der Waals surface area contributed by atoms with Gasteiger partial charge in [-0.3, -0.25) is 9.79 Å². The number of halogens is 2. The van der Waals surface area contributed by atoms with E-state index in [-0.39, 0.29) is 11.3 Å². The highest BCUT2D eigenvalue weighted by Gasteiger charge is 2.23. The second kappa shape index (κ2) is 10.9. The molecule has 0 bridgehead atoms. The molecule has 2 aliphatic heterocycles. The molecule has 0 radical (unpaired) electrons. The standard InChI is InChI=1S/C29H30F2N4O3S/c1-34-7-9-35(10-8-34)25-5-6-26(22(15-25)18-39(2,37)38)29(36)33-28-27-14-19(3-4-21(27)17-32-28)11-20-12-23(30)16-24(31)13-20/h3-6,12-16H,7-11,17-18H2,1-2H3,(H,32,33,36). The number of nitrogens with one attached hydrogen (secondary N) is 1. The van der Waals surface area contributed by atoms with E-state index in [1.807, 2.05) is 24.3 Å². The number of anilines is 1. The van der Waals surface area contributed by atoms with Crippen LogP contribution in [0, 0.1) is 11.6 Å². The van der Waals surface area contributed by atoms with Crippen molar-refractivity contribution in [3.05, 3.63) is 99.6 Å². The minimum absolute atomic E-state index is 0.255. The number of hydrogen-bond acceptors (Lipinski definition) is 6. The number of aliphatic imine (C=N–C) groups is 1. The first-order valence-corrected chi connectivity index (χ1v) is 14.8. The van der Waals surface area contributed by atoms with E-state index in [0.29, 0.717) is 29.9 Å². The molecule has 0 aromatic heterocycles. The molecule has 0 aliphatic carbocycles. The number of hydrogen-bond donors (Lipinski definition) is 1. The molecule has 0 unspecified atom stereocenters. The zero-order valence-electron chi connectivity index (χ0n) is 21.9. The summed E-state index contributed by atoms with van der Waals surface area (Å²) in [6.45, 7) is 3.83.